The van der Waals surface area contributed by atoms with Gasteiger partial charge < -0.3 is 20.4 Å². The molecule has 1 amide bonds. The minimum Gasteiger partial charge on any atom is -0.387 e. The van der Waals surface area contributed by atoms with Gasteiger partial charge in [0.05, 0.1) is 0 Å². The second kappa shape index (κ2) is 16.9. The third-order valence-corrected chi connectivity index (χ3v) is 5.07. The van der Waals surface area contributed by atoms with Crippen molar-refractivity contribution in [2.45, 2.75) is 53.9 Å². The van der Waals surface area contributed by atoms with Gasteiger partial charge in [-0.3, -0.25) is 4.79 Å². The van der Waals surface area contributed by atoms with Crippen molar-refractivity contribution < 1.29 is 4.79 Å². The van der Waals surface area contributed by atoms with Crippen LogP contribution in [0.2, 0.25) is 0 Å². The molecule has 29 heavy (non-hydrogen) atoms. The number of nitrogens with zero attached hydrogens (tertiary/aromatic N) is 2. The summed E-state index contributed by atoms with van der Waals surface area (Å²) >= 11 is 0. The van der Waals surface area contributed by atoms with Crippen LogP contribution in [-0.2, 0) is 4.79 Å². The van der Waals surface area contributed by atoms with Crippen LogP contribution < -0.4 is 10.6 Å². The molecule has 0 aromatic rings. The van der Waals surface area contributed by atoms with Crippen molar-refractivity contribution in [3.8, 4) is 0 Å². The lowest BCUT2D eigenvalue weighted by atomic mass is 10.0. The Balaban J connectivity index is 4.54. The second-order valence-electron chi connectivity index (χ2n) is 7.04. The van der Waals surface area contributed by atoms with Crippen molar-refractivity contribution in [1.29, 1.82) is 0 Å². The predicted molar refractivity (Wildman–Crippen MR) is 126 cm³/mol. The molecule has 0 saturated heterocycles. The van der Waals surface area contributed by atoms with E-state index in [1.54, 1.807) is 11.1 Å². The standard InChI is InChI=1S/C24H44N4O/c1-8-14-24(29)28(13-6)20-18-26-23(10-3)16-15-22(9-2)21(7)25-17-19-27(11-4)12-5/h10,13,15-16,22,25-26H,6-9,11-12,14,17-20H2,1-5H3/b16-15-,23-10+. The number of likely N-dealkylation sites (N-methyl/N-ethyl adjacent to an activating group) is 1. The lowest BCUT2D eigenvalue weighted by Gasteiger charge is -2.21. The van der Waals surface area contributed by atoms with Crippen molar-refractivity contribution >= 4 is 5.91 Å². The smallest absolute Gasteiger partial charge is 0.226 e. The summed E-state index contributed by atoms with van der Waals surface area (Å²) in [6.45, 7) is 24.0. The maximum atomic E-state index is 12.0. The highest BCUT2D eigenvalue weighted by Gasteiger charge is 2.09. The molecule has 166 valence electrons. The molecular weight excluding hydrogens is 360 g/mol. The number of allylic oxidation sites excluding steroid dienone is 3. The average molecular weight is 405 g/mol. The monoisotopic (exact) mass is 404 g/mol. The van der Waals surface area contributed by atoms with Gasteiger partial charge in [-0.25, -0.2) is 0 Å². The summed E-state index contributed by atoms with van der Waals surface area (Å²) in [7, 11) is 0. The highest BCUT2D eigenvalue weighted by molar-refractivity contribution is 5.77. The van der Waals surface area contributed by atoms with E-state index in [-0.39, 0.29) is 5.91 Å². The van der Waals surface area contributed by atoms with Crippen molar-refractivity contribution in [3.05, 3.63) is 49.0 Å². The lowest BCUT2D eigenvalue weighted by Crippen LogP contribution is -2.32. The number of rotatable bonds is 17. The molecule has 0 aromatic carbocycles. The van der Waals surface area contributed by atoms with E-state index in [9.17, 15) is 4.79 Å². The summed E-state index contributed by atoms with van der Waals surface area (Å²) in [4.78, 5) is 16.1. The van der Waals surface area contributed by atoms with Crippen LogP contribution in [0.3, 0.4) is 0 Å². The fourth-order valence-corrected chi connectivity index (χ4v) is 3.02. The Kier molecular flexibility index (Phi) is 15.7. The fourth-order valence-electron chi connectivity index (χ4n) is 3.02. The molecule has 2 N–H and O–H groups in total. The summed E-state index contributed by atoms with van der Waals surface area (Å²) in [5.74, 6) is 0.416. The van der Waals surface area contributed by atoms with Crippen molar-refractivity contribution in [1.82, 2.24) is 20.4 Å². The predicted octanol–water partition coefficient (Wildman–Crippen LogP) is 4.28. The van der Waals surface area contributed by atoms with E-state index in [2.05, 4.69) is 61.6 Å². The van der Waals surface area contributed by atoms with Crippen molar-refractivity contribution in [2.24, 2.45) is 5.92 Å². The maximum Gasteiger partial charge on any atom is 0.226 e. The van der Waals surface area contributed by atoms with E-state index in [1.165, 1.54) is 0 Å². The van der Waals surface area contributed by atoms with E-state index < -0.39 is 0 Å². The summed E-state index contributed by atoms with van der Waals surface area (Å²) < 4.78 is 0. The van der Waals surface area contributed by atoms with Crippen LogP contribution in [0.5, 0.6) is 0 Å². The van der Waals surface area contributed by atoms with Gasteiger partial charge in [0, 0.05) is 49.9 Å². The summed E-state index contributed by atoms with van der Waals surface area (Å²) in [6.07, 6.45) is 10.4. The lowest BCUT2D eigenvalue weighted by molar-refractivity contribution is -0.128. The SMILES string of the molecule is C=CN(CCNC(/C=C\C(CC)C(=C)NCCN(CC)CC)=C/C)C(=O)CCC. The first-order chi connectivity index (χ1) is 14.0. The maximum absolute atomic E-state index is 12.0. The molecule has 1 unspecified atom stereocenters. The quantitative estimate of drug-likeness (QED) is 0.355. The van der Waals surface area contributed by atoms with Gasteiger partial charge in [-0.2, -0.15) is 0 Å². The van der Waals surface area contributed by atoms with Crippen LogP contribution >= 0.6 is 0 Å². The normalized spacial score (nSPS) is 12.8. The van der Waals surface area contributed by atoms with E-state index in [0.717, 1.165) is 50.4 Å². The molecule has 0 rings (SSSR count). The molecule has 0 aliphatic heterocycles. The molecule has 0 bridgehead atoms. The third-order valence-electron chi connectivity index (χ3n) is 5.07. The zero-order valence-electron chi connectivity index (χ0n) is 19.5. The summed E-state index contributed by atoms with van der Waals surface area (Å²) in [5.41, 5.74) is 2.11. The highest BCUT2D eigenvalue weighted by atomic mass is 16.2. The van der Waals surface area contributed by atoms with Crippen LogP contribution in [0.4, 0.5) is 0 Å². The summed E-state index contributed by atoms with van der Waals surface area (Å²) in [5, 5.41) is 6.88. The molecule has 0 radical (unpaired) electrons. The number of hydrogen-bond donors (Lipinski definition) is 2. The number of carbonyl (C=O) groups excluding carboxylic acids is 1. The largest absolute Gasteiger partial charge is 0.387 e. The van der Waals surface area contributed by atoms with Crippen LogP contribution in [0.1, 0.15) is 53.9 Å². The van der Waals surface area contributed by atoms with Gasteiger partial charge in [-0.15, -0.1) is 0 Å². The Hall–Kier alpha value is -2.01. The fraction of sp³-hybridized carbons (Fsp3) is 0.625. The molecule has 0 spiro atoms. The molecule has 0 fully saturated rings. The first-order valence-electron chi connectivity index (χ1n) is 11.1. The first kappa shape index (κ1) is 27.0. The van der Waals surface area contributed by atoms with E-state index in [4.69, 9.17) is 0 Å². The second-order valence-corrected chi connectivity index (χ2v) is 7.04. The third kappa shape index (κ3) is 11.5. The number of nitrogens with one attached hydrogen (secondary N) is 2. The molecule has 1 atom stereocenters. The highest BCUT2D eigenvalue weighted by Crippen LogP contribution is 2.13. The zero-order chi connectivity index (χ0) is 22.1. The van der Waals surface area contributed by atoms with Gasteiger partial charge in [0.25, 0.3) is 0 Å². The minimum absolute atomic E-state index is 0.125. The molecule has 5 nitrogen and oxygen atoms in total. The van der Waals surface area contributed by atoms with Gasteiger partial charge in [-0.05, 0) is 45.1 Å². The van der Waals surface area contributed by atoms with Crippen LogP contribution in [0, 0.1) is 5.92 Å². The Labute approximate surface area is 179 Å². The van der Waals surface area contributed by atoms with Gasteiger partial charge in [-0.1, -0.05) is 53.0 Å². The molecular formula is C24H44N4O. The van der Waals surface area contributed by atoms with E-state index in [0.29, 0.717) is 25.4 Å². The van der Waals surface area contributed by atoms with E-state index >= 15 is 0 Å². The van der Waals surface area contributed by atoms with Gasteiger partial charge in [0.2, 0.25) is 5.91 Å². The van der Waals surface area contributed by atoms with Crippen LogP contribution in [0.25, 0.3) is 0 Å². The number of carbonyl (C=O) groups is 1. The molecule has 5 heteroatoms. The Bertz CT molecular complexity index is 535. The van der Waals surface area contributed by atoms with Gasteiger partial charge in [0.1, 0.15) is 0 Å². The zero-order valence-corrected chi connectivity index (χ0v) is 19.5. The molecule has 0 aliphatic rings. The van der Waals surface area contributed by atoms with E-state index in [1.807, 2.05) is 19.9 Å². The Morgan fingerprint density at radius 2 is 1.72 bits per heavy atom. The Morgan fingerprint density at radius 3 is 2.24 bits per heavy atom. The number of amides is 1. The molecule has 0 saturated carbocycles. The molecule has 0 heterocycles. The molecule has 0 aliphatic carbocycles. The van der Waals surface area contributed by atoms with Gasteiger partial charge in [0.15, 0.2) is 0 Å². The van der Waals surface area contributed by atoms with Crippen molar-refractivity contribution in [2.75, 3.05) is 39.3 Å². The van der Waals surface area contributed by atoms with Gasteiger partial charge >= 0.3 is 0 Å². The Morgan fingerprint density at radius 1 is 1.07 bits per heavy atom. The van der Waals surface area contributed by atoms with Crippen molar-refractivity contribution in [3.63, 3.8) is 0 Å². The molecule has 0 aromatic heterocycles. The topological polar surface area (TPSA) is 47.6 Å². The average Bonchev–Trinajstić information content (AvgIpc) is 2.73. The first-order valence-corrected chi connectivity index (χ1v) is 11.1. The summed E-state index contributed by atoms with van der Waals surface area (Å²) in [6, 6.07) is 0. The minimum atomic E-state index is 0.125. The van der Waals surface area contributed by atoms with Crippen LogP contribution in [0.15, 0.2) is 49.0 Å². The number of hydrogen-bond acceptors (Lipinski definition) is 4. The van der Waals surface area contributed by atoms with Crippen LogP contribution in [-0.4, -0.2) is 55.0 Å².